The van der Waals surface area contributed by atoms with Crippen molar-refractivity contribution >= 4 is 34.8 Å². The highest BCUT2D eigenvalue weighted by Gasteiger charge is 2.52. The molecule has 0 unspecified atom stereocenters. The fourth-order valence-electron chi connectivity index (χ4n) is 4.60. The second kappa shape index (κ2) is 12.6. The molecule has 216 valence electrons. The summed E-state index contributed by atoms with van der Waals surface area (Å²) < 4.78 is 33.5. The number of carbonyl (C=O) groups excluding carboxylic acids is 4. The van der Waals surface area contributed by atoms with Crippen molar-refractivity contribution in [2.24, 2.45) is 0 Å². The standard InChI is InChI=1S/C29H29NO11/c1-15(31)30-26-28(38-18(4)34)27(37-17(3)33)24(14-36-16(2)32)41-29(26)39-20-10-11-21-22(19-8-6-5-7-9-19)13-25(35)40-23(21)12-20/h5-13,24,26-29H,14H2,1-4H3,(H,30,31)/t24-,26-,27-,28-,29-/m1/s1. The zero-order valence-electron chi connectivity index (χ0n) is 22.8. The molecule has 1 aliphatic rings. The molecule has 0 bridgehead atoms. The smallest absolute Gasteiger partial charge is 0.336 e. The van der Waals surface area contributed by atoms with Crippen molar-refractivity contribution in [1.82, 2.24) is 5.32 Å². The Balaban J connectivity index is 1.74. The zero-order valence-corrected chi connectivity index (χ0v) is 22.8. The van der Waals surface area contributed by atoms with Crippen molar-refractivity contribution < 1.29 is 47.3 Å². The third kappa shape index (κ3) is 7.28. The normalized spacial score (nSPS) is 21.9. The van der Waals surface area contributed by atoms with E-state index in [4.69, 9.17) is 28.1 Å². The first kappa shape index (κ1) is 29.3. The molecule has 41 heavy (non-hydrogen) atoms. The molecule has 0 aliphatic carbocycles. The van der Waals surface area contributed by atoms with Gasteiger partial charge in [-0.25, -0.2) is 4.79 Å². The molecule has 0 spiro atoms. The number of fused-ring (bicyclic) bond motifs is 1. The first-order chi connectivity index (χ1) is 19.5. The van der Waals surface area contributed by atoms with E-state index in [0.29, 0.717) is 10.9 Å². The van der Waals surface area contributed by atoms with Crippen molar-refractivity contribution in [3.05, 3.63) is 65.0 Å². The van der Waals surface area contributed by atoms with Crippen LogP contribution >= 0.6 is 0 Å². The van der Waals surface area contributed by atoms with E-state index in [1.54, 1.807) is 12.1 Å². The molecule has 5 atom stereocenters. The summed E-state index contributed by atoms with van der Waals surface area (Å²) in [4.78, 5) is 60.1. The lowest BCUT2D eigenvalue weighted by Crippen LogP contribution is -2.67. The van der Waals surface area contributed by atoms with Crippen LogP contribution in [-0.4, -0.2) is 61.1 Å². The first-order valence-corrected chi connectivity index (χ1v) is 12.7. The van der Waals surface area contributed by atoms with Crippen LogP contribution in [0, 0.1) is 0 Å². The number of carbonyl (C=O) groups is 4. The molecule has 1 aromatic heterocycles. The molecule has 1 aliphatic heterocycles. The summed E-state index contributed by atoms with van der Waals surface area (Å²) in [5.74, 6) is -2.40. The van der Waals surface area contributed by atoms with Crippen molar-refractivity contribution in [2.75, 3.05) is 6.61 Å². The lowest BCUT2D eigenvalue weighted by atomic mass is 9.96. The van der Waals surface area contributed by atoms with Gasteiger partial charge in [0.05, 0.1) is 0 Å². The lowest BCUT2D eigenvalue weighted by molar-refractivity contribution is -0.257. The number of ether oxygens (including phenoxy) is 5. The molecule has 12 heteroatoms. The van der Waals surface area contributed by atoms with E-state index < -0.39 is 60.1 Å². The van der Waals surface area contributed by atoms with Crippen LogP contribution < -0.4 is 15.7 Å². The van der Waals surface area contributed by atoms with Gasteiger partial charge in [0.15, 0.2) is 12.2 Å². The minimum atomic E-state index is -1.32. The fourth-order valence-corrected chi connectivity index (χ4v) is 4.60. The maximum atomic E-state index is 12.4. The molecule has 1 saturated heterocycles. The second-order valence-electron chi connectivity index (χ2n) is 9.34. The molecular formula is C29H29NO11. The van der Waals surface area contributed by atoms with Gasteiger partial charge in [0.25, 0.3) is 0 Å². The SMILES string of the molecule is CC(=O)N[C@H]1[C@H](Oc2ccc3c(-c4ccccc4)cc(=O)oc3c2)O[C@H](COC(C)=O)[C@@H](OC(C)=O)[C@@H]1OC(C)=O. The number of hydrogen-bond acceptors (Lipinski definition) is 11. The highest BCUT2D eigenvalue weighted by atomic mass is 16.7. The molecule has 4 rings (SSSR count). The third-order valence-corrected chi connectivity index (χ3v) is 6.12. The first-order valence-electron chi connectivity index (χ1n) is 12.7. The predicted molar refractivity (Wildman–Crippen MR) is 143 cm³/mol. The Morgan fingerprint density at radius 1 is 0.854 bits per heavy atom. The van der Waals surface area contributed by atoms with E-state index in [1.807, 2.05) is 30.3 Å². The van der Waals surface area contributed by atoms with Crippen molar-refractivity contribution in [2.45, 2.75) is 58.3 Å². The summed E-state index contributed by atoms with van der Waals surface area (Å²) in [6, 6.07) is 14.3. The van der Waals surface area contributed by atoms with Gasteiger partial charge in [0.2, 0.25) is 12.2 Å². The number of esters is 3. The summed E-state index contributed by atoms with van der Waals surface area (Å²) >= 11 is 0. The van der Waals surface area contributed by atoms with Gasteiger partial charge in [-0.3, -0.25) is 19.2 Å². The second-order valence-corrected chi connectivity index (χ2v) is 9.34. The minimum absolute atomic E-state index is 0.185. The molecule has 1 N–H and O–H groups in total. The van der Waals surface area contributed by atoms with Gasteiger partial charge in [0.1, 0.15) is 30.1 Å². The number of hydrogen-bond donors (Lipinski definition) is 1. The van der Waals surface area contributed by atoms with Crippen molar-refractivity contribution in [3.63, 3.8) is 0 Å². The van der Waals surface area contributed by atoms with Crippen LogP contribution in [0.4, 0.5) is 0 Å². The number of benzene rings is 2. The summed E-state index contributed by atoms with van der Waals surface area (Å²) in [5.41, 5.74) is 1.13. The number of rotatable bonds is 8. The molecule has 0 radical (unpaired) electrons. The van der Waals surface area contributed by atoms with E-state index >= 15 is 0 Å². The predicted octanol–water partition coefficient (Wildman–Crippen LogP) is 2.49. The molecule has 1 fully saturated rings. The van der Waals surface area contributed by atoms with Gasteiger partial charge in [-0.05, 0) is 23.3 Å². The average molecular weight is 568 g/mol. The van der Waals surface area contributed by atoms with Crippen LogP contribution in [0.25, 0.3) is 22.1 Å². The van der Waals surface area contributed by atoms with Crippen molar-refractivity contribution in [1.29, 1.82) is 0 Å². The van der Waals surface area contributed by atoms with Gasteiger partial charge >= 0.3 is 23.5 Å². The van der Waals surface area contributed by atoms with E-state index in [2.05, 4.69) is 5.32 Å². The van der Waals surface area contributed by atoms with Crippen LogP contribution in [0.5, 0.6) is 5.75 Å². The summed E-state index contributed by atoms with van der Waals surface area (Å²) in [5, 5.41) is 3.28. The Labute approximate surface area is 234 Å². The Morgan fingerprint density at radius 3 is 2.17 bits per heavy atom. The largest absolute Gasteiger partial charge is 0.463 e. The molecule has 12 nitrogen and oxygen atoms in total. The minimum Gasteiger partial charge on any atom is -0.463 e. The maximum absolute atomic E-state index is 12.4. The van der Waals surface area contributed by atoms with Gasteiger partial charge in [-0.2, -0.15) is 0 Å². The molecular weight excluding hydrogens is 538 g/mol. The highest BCUT2D eigenvalue weighted by Crippen LogP contribution is 2.32. The molecule has 0 saturated carbocycles. The molecule has 1 amide bonds. The average Bonchev–Trinajstić information content (AvgIpc) is 2.90. The number of amides is 1. The third-order valence-electron chi connectivity index (χ3n) is 6.12. The summed E-state index contributed by atoms with van der Waals surface area (Å²) in [6.07, 6.45) is -4.99. The topological polar surface area (TPSA) is 157 Å². The van der Waals surface area contributed by atoms with E-state index in [-0.39, 0.29) is 17.9 Å². The van der Waals surface area contributed by atoms with Crippen LogP contribution in [0.2, 0.25) is 0 Å². The Kier molecular flexibility index (Phi) is 9.03. The maximum Gasteiger partial charge on any atom is 0.336 e. The van der Waals surface area contributed by atoms with Crippen LogP contribution in [0.3, 0.4) is 0 Å². The molecule has 2 heterocycles. The van der Waals surface area contributed by atoms with E-state index in [0.717, 1.165) is 19.4 Å². The van der Waals surface area contributed by atoms with E-state index in [9.17, 15) is 24.0 Å². The quantitative estimate of drug-likeness (QED) is 0.242. The monoisotopic (exact) mass is 567 g/mol. The van der Waals surface area contributed by atoms with Crippen LogP contribution in [-0.2, 0) is 38.1 Å². The van der Waals surface area contributed by atoms with Crippen LogP contribution in [0.1, 0.15) is 27.7 Å². The Hall–Kier alpha value is -4.71. The fraction of sp³-hybridized carbons (Fsp3) is 0.345. The number of nitrogens with one attached hydrogen (secondary N) is 1. The summed E-state index contributed by atoms with van der Waals surface area (Å²) in [6.45, 7) is 4.36. The summed E-state index contributed by atoms with van der Waals surface area (Å²) in [7, 11) is 0. The van der Waals surface area contributed by atoms with E-state index in [1.165, 1.54) is 26.0 Å². The highest BCUT2D eigenvalue weighted by molar-refractivity contribution is 5.93. The van der Waals surface area contributed by atoms with Crippen LogP contribution in [0.15, 0.2) is 63.8 Å². The Morgan fingerprint density at radius 2 is 1.54 bits per heavy atom. The van der Waals surface area contributed by atoms with Gasteiger partial charge < -0.3 is 33.4 Å². The van der Waals surface area contributed by atoms with Crippen molar-refractivity contribution in [3.8, 4) is 16.9 Å². The Bertz CT molecular complexity index is 1500. The molecule has 2 aromatic carbocycles. The van der Waals surface area contributed by atoms with Gasteiger partial charge in [-0.1, -0.05) is 30.3 Å². The lowest BCUT2D eigenvalue weighted by Gasteiger charge is -2.44. The molecule has 3 aromatic rings. The van der Waals surface area contributed by atoms with Gasteiger partial charge in [-0.15, -0.1) is 0 Å². The van der Waals surface area contributed by atoms with Gasteiger partial charge in [0, 0.05) is 45.2 Å². The zero-order chi connectivity index (χ0) is 29.7.